The summed E-state index contributed by atoms with van der Waals surface area (Å²) in [5, 5.41) is 3.65. The van der Waals surface area contributed by atoms with Crippen LogP contribution in [0.15, 0.2) is 42.5 Å². The van der Waals surface area contributed by atoms with E-state index in [9.17, 15) is 8.78 Å². The van der Waals surface area contributed by atoms with Crippen LogP contribution < -0.4 is 15.0 Å². The molecule has 1 fully saturated rings. The van der Waals surface area contributed by atoms with Crippen molar-refractivity contribution in [1.82, 2.24) is 5.32 Å². The average molecular weight is 332 g/mol. The molecule has 118 valence electrons. The summed E-state index contributed by atoms with van der Waals surface area (Å²) in [5.41, 5.74) is 0.615. The average Bonchev–Trinajstić information content (AvgIpc) is 2.47. The van der Waals surface area contributed by atoms with Gasteiger partial charge in [-0.1, -0.05) is 6.07 Å². The van der Waals surface area contributed by atoms with Crippen LogP contribution in [0.4, 0.5) is 14.5 Å². The van der Waals surface area contributed by atoms with Gasteiger partial charge in [-0.05, 0) is 55.5 Å². The highest BCUT2D eigenvalue weighted by Crippen LogP contribution is 2.45. The number of nitrogens with one attached hydrogen (secondary N) is 1. The number of anilines is 1. The Bertz CT molecular complexity index is 813. The molecule has 0 radical (unpaired) electrons. The van der Waals surface area contributed by atoms with E-state index in [4.69, 9.17) is 17.0 Å². The van der Waals surface area contributed by atoms with E-state index < -0.39 is 5.72 Å². The Hall–Kier alpha value is -2.21. The molecule has 0 aliphatic carbocycles. The molecule has 0 spiro atoms. The zero-order valence-corrected chi connectivity index (χ0v) is 13.2. The molecule has 0 amide bonds. The molecule has 1 saturated heterocycles. The molecule has 2 bridgehead atoms. The van der Waals surface area contributed by atoms with Crippen molar-refractivity contribution in [2.75, 3.05) is 4.90 Å². The highest BCUT2D eigenvalue weighted by molar-refractivity contribution is 7.80. The van der Waals surface area contributed by atoms with E-state index in [-0.39, 0.29) is 17.7 Å². The van der Waals surface area contributed by atoms with Gasteiger partial charge in [0.15, 0.2) is 10.8 Å². The van der Waals surface area contributed by atoms with Gasteiger partial charge in [0, 0.05) is 17.7 Å². The lowest BCUT2D eigenvalue weighted by Crippen LogP contribution is -2.65. The molecule has 6 heteroatoms. The monoisotopic (exact) mass is 332 g/mol. The molecule has 2 atom stereocenters. The maximum Gasteiger partial charge on any atom is 0.188 e. The third-order valence-corrected chi connectivity index (χ3v) is 4.60. The predicted molar refractivity (Wildman–Crippen MR) is 87.4 cm³/mol. The Morgan fingerprint density at radius 3 is 2.78 bits per heavy atom. The quantitative estimate of drug-likeness (QED) is 0.801. The standard InChI is InChI=1S/C17H14F2N2OS/c1-17-9-14(13-8-11(19)5-6-15(13)22-17)20-16(23)21(17)12-4-2-3-10(18)7-12/h2-8,14H,9H2,1H3,(H,20,23)/t14-,17-/m1/s1. The topological polar surface area (TPSA) is 24.5 Å². The van der Waals surface area contributed by atoms with Crippen molar-refractivity contribution in [1.29, 1.82) is 0 Å². The van der Waals surface area contributed by atoms with Crippen LogP contribution in [0.25, 0.3) is 0 Å². The van der Waals surface area contributed by atoms with E-state index >= 15 is 0 Å². The lowest BCUT2D eigenvalue weighted by Gasteiger charge is -2.52. The third-order valence-electron chi connectivity index (χ3n) is 4.30. The summed E-state index contributed by atoms with van der Waals surface area (Å²) >= 11 is 5.46. The normalized spacial score (nSPS) is 25.4. The van der Waals surface area contributed by atoms with Crippen molar-refractivity contribution in [2.24, 2.45) is 0 Å². The predicted octanol–water partition coefficient (Wildman–Crippen LogP) is 3.90. The van der Waals surface area contributed by atoms with Gasteiger partial charge in [0.25, 0.3) is 0 Å². The minimum absolute atomic E-state index is 0.128. The summed E-state index contributed by atoms with van der Waals surface area (Å²) in [6, 6.07) is 10.5. The number of benzene rings is 2. The fourth-order valence-electron chi connectivity index (χ4n) is 3.35. The Labute approximate surface area is 137 Å². The fraction of sp³-hybridized carbons (Fsp3) is 0.235. The van der Waals surface area contributed by atoms with Crippen LogP contribution >= 0.6 is 12.2 Å². The molecule has 23 heavy (non-hydrogen) atoms. The van der Waals surface area contributed by atoms with Crippen molar-refractivity contribution in [2.45, 2.75) is 25.1 Å². The third kappa shape index (κ3) is 2.25. The minimum atomic E-state index is -0.758. The first-order valence-corrected chi connectivity index (χ1v) is 7.72. The Kier molecular flexibility index (Phi) is 3.06. The first-order valence-electron chi connectivity index (χ1n) is 7.31. The molecule has 0 unspecified atom stereocenters. The van der Waals surface area contributed by atoms with Crippen LogP contribution in [0.5, 0.6) is 5.75 Å². The lowest BCUT2D eigenvalue weighted by molar-refractivity contribution is 0.0495. The largest absolute Gasteiger partial charge is 0.467 e. The van der Waals surface area contributed by atoms with Crippen molar-refractivity contribution >= 4 is 23.0 Å². The SMILES string of the molecule is C[C@@]12C[C@@H](NC(=S)N1c1cccc(F)c1)c1cc(F)ccc1O2. The second-order valence-corrected chi connectivity index (χ2v) is 6.37. The molecule has 2 aromatic rings. The molecule has 2 aromatic carbocycles. The highest BCUT2D eigenvalue weighted by atomic mass is 32.1. The van der Waals surface area contributed by atoms with Gasteiger partial charge >= 0.3 is 0 Å². The molecule has 2 aliphatic rings. The summed E-state index contributed by atoms with van der Waals surface area (Å²) in [4.78, 5) is 1.77. The Balaban J connectivity index is 1.81. The van der Waals surface area contributed by atoms with Crippen LogP contribution in [-0.4, -0.2) is 10.8 Å². The maximum atomic E-state index is 13.6. The van der Waals surface area contributed by atoms with Crippen LogP contribution in [0.2, 0.25) is 0 Å². The van der Waals surface area contributed by atoms with E-state index in [1.165, 1.54) is 24.3 Å². The number of ether oxygens (including phenoxy) is 1. The Morgan fingerprint density at radius 2 is 2.00 bits per heavy atom. The molecular formula is C17H14F2N2OS. The number of nitrogens with zero attached hydrogens (tertiary/aromatic N) is 1. The van der Waals surface area contributed by atoms with Crippen molar-refractivity contribution in [3.05, 3.63) is 59.7 Å². The van der Waals surface area contributed by atoms with Gasteiger partial charge in [-0.15, -0.1) is 0 Å². The van der Waals surface area contributed by atoms with E-state index in [2.05, 4.69) is 5.32 Å². The van der Waals surface area contributed by atoms with Gasteiger partial charge in [0.1, 0.15) is 17.4 Å². The number of hydrogen-bond acceptors (Lipinski definition) is 2. The summed E-state index contributed by atoms with van der Waals surface area (Å²) < 4.78 is 33.3. The molecule has 0 saturated carbocycles. The summed E-state index contributed by atoms with van der Waals surface area (Å²) in [5.74, 6) is -0.0351. The van der Waals surface area contributed by atoms with Crippen LogP contribution in [0.3, 0.4) is 0 Å². The first-order chi connectivity index (χ1) is 11.0. The van der Waals surface area contributed by atoms with E-state index in [1.807, 2.05) is 6.92 Å². The van der Waals surface area contributed by atoms with Crippen LogP contribution in [0, 0.1) is 11.6 Å². The number of rotatable bonds is 1. The van der Waals surface area contributed by atoms with Crippen molar-refractivity contribution in [3.8, 4) is 5.75 Å². The molecule has 0 aromatic heterocycles. The van der Waals surface area contributed by atoms with Gasteiger partial charge < -0.3 is 10.1 Å². The fourth-order valence-corrected chi connectivity index (χ4v) is 3.79. The van der Waals surface area contributed by atoms with Gasteiger partial charge in [-0.3, -0.25) is 4.90 Å². The second kappa shape index (κ2) is 4.89. The summed E-state index contributed by atoms with van der Waals surface area (Å²) in [6.45, 7) is 1.91. The first kappa shape index (κ1) is 14.4. The Morgan fingerprint density at radius 1 is 1.22 bits per heavy atom. The molecule has 2 heterocycles. The van der Waals surface area contributed by atoms with E-state index in [0.717, 1.165) is 5.56 Å². The number of hydrogen-bond donors (Lipinski definition) is 1. The molecule has 3 nitrogen and oxygen atoms in total. The van der Waals surface area contributed by atoms with Crippen LogP contribution in [0.1, 0.15) is 24.9 Å². The summed E-state index contributed by atoms with van der Waals surface area (Å²) in [6.07, 6.45) is 0.570. The van der Waals surface area contributed by atoms with Crippen molar-refractivity contribution < 1.29 is 13.5 Å². The minimum Gasteiger partial charge on any atom is -0.467 e. The van der Waals surface area contributed by atoms with Crippen molar-refractivity contribution in [3.63, 3.8) is 0 Å². The smallest absolute Gasteiger partial charge is 0.188 e. The van der Waals surface area contributed by atoms with Gasteiger partial charge in [0.2, 0.25) is 0 Å². The number of thiocarbonyl (C=S) groups is 1. The van der Waals surface area contributed by atoms with Gasteiger partial charge in [-0.2, -0.15) is 0 Å². The van der Waals surface area contributed by atoms with Crippen LogP contribution in [-0.2, 0) is 0 Å². The van der Waals surface area contributed by atoms with E-state index in [0.29, 0.717) is 23.0 Å². The van der Waals surface area contributed by atoms with E-state index in [1.54, 1.807) is 23.1 Å². The van der Waals surface area contributed by atoms with Gasteiger partial charge in [-0.25, -0.2) is 8.78 Å². The van der Waals surface area contributed by atoms with Gasteiger partial charge in [0.05, 0.1) is 6.04 Å². The number of halogens is 2. The molecular weight excluding hydrogens is 318 g/mol. The lowest BCUT2D eigenvalue weighted by atomic mass is 9.90. The zero-order valence-electron chi connectivity index (χ0n) is 12.3. The molecule has 4 rings (SSSR count). The maximum absolute atomic E-state index is 13.6. The highest BCUT2D eigenvalue weighted by Gasteiger charge is 2.48. The number of fused-ring (bicyclic) bond motifs is 4. The summed E-state index contributed by atoms with van der Waals surface area (Å²) in [7, 11) is 0. The zero-order chi connectivity index (χ0) is 16.2. The second-order valence-electron chi connectivity index (χ2n) is 5.98. The molecule has 1 N–H and O–H groups in total. The molecule has 2 aliphatic heterocycles.